The second-order valence-corrected chi connectivity index (χ2v) is 5.44. The zero-order chi connectivity index (χ0) is 17.8. The van der Waals surface area contributed by atoms with Crippen LogP contribution in [0.4, 0.5) is 0 Å². The molecule has 5 heteroatoms. The number of rotatable bonds is 4. The molecule has 0 saturated heterocycles. The summed E-state index contributed by atoms with van der Waals surface area (Å²) >= 11 is 0. The van der Waals surface area contributed by atoms with Gasteiger partial charge in [0.25, 0.3) is 0 Å². The van der Waals surface area contributed by atoms with E-state index < -0.39 is 11.9 Å². The molecule has 1 heterocycles. The quantitative estimate of drug-likeness (QED) is 0.488. The van der Waals surface area contributed by atoms with E-state index in [1.54, 1.807) is 37.3 Å². The molecule has 0 unspecified atom stereocenters. The highest BCUT2D eigenvalue weighted by atomic mass is 16.6. The second-order valence-electron chi connectivity index (χ2n) is 5.44. The predicted octanol–water partition coefficient (Wildman–Crippen LogP) is 3.51. The molecule has 0 fully saturated rings. The van der Waals surface area contributed by atoms with Gasteiger partial charge in [-0.15, -0.1) is 0 Å². The zero-order valence-electron chi connectivity index (χ0n) is 13.6. The Morgan fingerprint density at radius 3 is 2.44 bits per heavy atom. The first-order valence-corrected chi connectivity index (χ1v) is 7.58. The Bertz CT molecular complexity index is 893. The van der Waals surface area contributed by atoms with Gasteiger partial charge in [-0.3, -0.25) is 0 Å². The van der Waals surface area contributed by atoms with Crippen LogP contribution in [0.2, 0.25) is 0 Å². The molecule has 1 aliphatic heterocycles. The van der Waals surface area contributed by atoms with Crippen molar-refractivity contribution in [3.05, 3.63) is 83.6 Å². The summed E-state index contributed by atoms with van der Waals surface area (Å²) in [6.45, 7) is 5.11. The van der Waals surface area contributed by atoms with Gasteiger partial charge in [-0.2, -0.15) is 0 Å². The van der Waals surface area contributed by atoms with Gasteiger partial charge in [0.1, 0.15) is 5.75 Å². The molecule has 0 radical (unpaired) electrons. The second kappa shape index (κ2) is 6.97. The van der Waals surface area contributed by atoms with Crippen molar-refractivity contribution in [2.75, 3.05) is 0 Å². The van der Waals surface area contributed by atoms with Crippen LogP contribution in [0.3, 0.4) is 0 Å². The maximum absolute atomic E-state index is 12.0. The van der Waals surface area contributed by atoms with Crippen LogP contribution in [-0.2, 0) is 14.3 Å². The van der Waals surface area contributed by atoms with Crippen LogP contribution in [0, 0.1) is 0 Å². The summed E-state index contributed by atoms with van der Waals surface area (Å²) in [5.74, 6) is -0.305. The molecule has 0 atom stereocenters. The van der Waals surface area contributed by atoms with Crippen LogP contribution in [0.1, 0.15) is 18.1 Å². The minimum absolute atomic E-state index is 0.213. The molecule has 0 saturated carbocycles. The molecule has 5 nitrogen and oxygen atoms in total. The number of aliphatic imine (C=N–C) groups is 1. The molecule has 2 aromatic carbocycles. The van der Waals surface area contributed by atoms with Gasteiger partial charge < -0.3 is 9.47 Å². The standard InChI is InChI=1S/C20H15NO4/c1-13(2)19(22)24-16-10-8-14(9-11-16)12-17-20(23)25-18(21-17)15-6-4-3-5-7-15/h3-12H,1H2,2H3/b17-12+. The number of benzene rings is 2. The van der Waals surface area contributed by atoms with Crippen molar-refractivity contribution in [1.82, 2.24) is 0 Å². The summed E-state index contributed by atoms with van der Waals surface area (Å²) < 4.78 is 10.3. The van der Waals surface area contributed by atoms with E-state index in [-0.39, 0.29) is 11.6 Å². The van der Waals surface area contributed by atoms with Gasteiger partial charge >= 0.3 is 11.9 Å². The van der Waals surface area contributed by atoms with E-state index in [2.05, 4.69) is 11.6 Å². The van der Waals surface area contributed by atoms with Crippen molar-refractivity contribution >= 4 is 23.9 Å². The largest absolute Gasteiger partial charge is 0.423 e. The van der Waals surface area contributed by atoms with Crippen molar-refractivity contribution in [1.29, 1.82) is 0 Å². The maximum Gasteiger partial charge on any atom is 0.363 e. The van der Waals surface area contributed by atoms with Crippen molar-refractivity contribution in [2.24, 2.45) is 4.99 Å². The van der Waals surface area contributed by atoms with Gasteiger partial charge in [-0.25, -0.2) is 14.6 Å². The highest BCUT2D eigenvalue weighted by Gasteiger charge is 2.23. The number of esters is 2. The minimum atomic E-state index is -0.503. The van der Waals surface area contributed by atoms with E-state index in [0.717, 1.165) is 11.1 Å². The van der Waals surface area contributed by atoms with Crippen LogP contribution >= 0.6 is 0 Å². The molecular formula is C20H15NO4. The lowest BCUT2D eigenvalue weighted by molar-refractivity contribution is -0.130. The SMILES string of the molecule is C=C(C)C(=O)Oc1ccc(/C=C2/N=C(c3ccccc3)OC2=O)cc1. The van der Waals surface area contributed by atoms with E-state index in [1.165, 1.54) is 0 Å². The third-order valence-electron chi connectivity index (χ3n) is 3.38. The molecule has 0 aromatic heterocycles. The molecule has 1 aliphatic rings. The summed E-state index contributed by atoms with van der Waals surface area (Å²) in [6.07, 6.45) is 1.61. The minimum Gasteiger partial charge on any atom is -0.423 e. The van der Waals surface area contributed by atoms with Crippen molar-refractivity contribution in [3.63, 3.8) is 0 Å². The molecule has 0 aliphatic carbocycles. The molecule has 0 amide bonds. The van der Waals surface area contributed by atoms with E-state index in [1.807, 2.05) is 30.3 Å². The smallest absolute Gasteiger partial charge is 0.363 e. The first kappa shape index (κ1) is 16.4. The summed E-state index contributed by atoms with van der Waals surface area (Å²) in [4.78, 5) is 27.7. The van der Waals surface area contributed by atoms with Gasteiger partial charge in [-0.05, 0) is 42.8 Å². The molecule has 25 heavy (non-hydrogen) atoms. The first-order chi connectivity index (χ1) is 12.0. The first-order valence-electron chi connectivity index (χ1n) is 7.58. The Morgan fingerprint density at radius 2 is 1.80 bits per heavy atom. The molecule has 2 aromatic rings. The fraction of sp³-hybridized carbons (Fsp3) is 0.0500. The average Bonchev–Trinajstić information content (AvgIpc) is 2.98. The van der Waals surface area contributed by atoms with Crippen LogP contribution in [0.15, 0.2) is 77.4 Å². The monoisotopic (exact) mass is 333 g/mol. The summed E-state index contributed by atoms with van der Waals surface area (Å²) in [6, 6.07) is 15.9. The van der Waals surface area contributed by atoms with Crippen LogP contribution in [0.25, 0.3) is 6.08 Å². The lowest BCUT2D eigenvalue weighted by atomic mass is 10.2. The normalized spacial score (nSPS) is 14.8. The number of carbonyl (C=O) groups is 2. The van der Waals surface area contributed by atoms with Gasteiger partial charge in [0.15, 0.2) is 5.70 Å². The van der Waals surface area contributed by atoms with Gasteiger partial charge in [0, 0.05) is 11.1 Å². The molecule has 124 valence electrons. The molecule has 0 spiro atoms. The predicted molar refractivity (Wildman–Crippen MR) is 93.9 cm³/mol. The van der Waals surface area contributed by atoms with Gasteiger partial charge in [0.2, 0.25) is 5.90 Å². The fourth-order valence-corrected chi connectivity index (χ4v) is 2.10. The van der Waals surface area contributed by atoms with Crippen LogP contribution < -0.4 is 4.74 Å². The Labute approximate surface area is 144 Å². The van der Waals surface area contributed by atoms with E-state index in [0.29, 0.717) is 11.3 Å². The average molecular weight is 333 g/mol. The number of hydrogen-bond acceptors (Lipinski definition) is 5. The number of ether oxygens (including phenoxy) is 2. The number of hydrogen-bond donors (Lipinski definition) is 0. The maximum atomic E-state index is 12.0. The number of nitrogens with zero attached hydrogens (tertiary/aromatic N) is 1. The van der Waals surface area contributed by atoms with Gasteiger partial charge in [-0.1, -0.05) is 36.9 Å². The Morgan fingerprint density at radius 1 is 1.12 bits per heavy atom. The Hall–Kier alpha value is -3.47. The number of cyclic esters (lactones) is 1. The van der Waals surface area contributed by atoms with Crippen molar-refractivity contribution in [2.45, 2.75) is 6.92 Å². The van der Waals surface area contributed by atoms with Crippen molar-refractivity contribution < 1.29 is 19.1 Å². The van der Waals surface area contributed by atoms with Crippen LogP contribution in [-0.4, -0.2) is 17.8 Å². The topological polar surface area (TPSA) is 65.0 Å². The summed E-state index contributed by atoms with van der Waals surface area (Å²) in [7, 11) is 0. The molecule has 0 N–H and O–H groups in total. The third kappa shape index (κ3) is 3.90. The zero-order valence-corrected chi connectivity index (χ0v) is 13.6. The summed E-state index contributed by atoms with van der Waals surface area (Å²) in [5.41, 5.74) is 2.01. The highest BCUT2D eigenvalue weighted by molar-refractivity contribution is 6.12. The molecule has 3 rings (SSSR count). The Balaban J connectivity index is 1.78. The van der Waals surface area contributed by atoms with E-state index >= 15 is 0 Å². The van der Waals surface area contributed by atoms with Crippen LogP contribution in [0.5, 0.6) is 5.75 Å². The highest BCUT2D eigenvalue weighted by Crippen LogP contribution is 2.20. The third-order valence-corrected chi connectivity index (χ3v) is 3.38. The molecule has 0 bridgehead atoms. The van der Waals surface area contributed by atoms with E-state index in [9.17, 15) is 9.59 Å². The van der Waals surface area contributed by atoms with E-state index in [4.69, 9.17) is 9.47 Å². The molecular weight excluding hydrogens is 318 g/mol. The van der Waals surface area contributed by atoms with Gasteiger partial charge in [0.05, 0.1) is 0 Å². The van der Waals surface area contributed by atoms with Crippen molar-refractivity contribution in [3.8, 4) is 5.75 Å². The summed E-state index contributed by atoms with van der Waals surface area (Å²) in [5, 5.41) is 0. The fourth-order valence-electron chi connectivity index (χ4n) is 2.10. The Kier molecular flexibility index (Phi) is 4.57. The lowest BCUT2D eigenvalue weighted by Crippen LogP contribution is -2.07. The number of carbonyl (C=O) groups excluding carboxylic acids is 2. The lowest BCUT2D eigenvalue weighted by Gasteiger charge is -2.03.